The van der Waals surface area contributed by atoms with Crippen molar-refractivity contribution < 1.29 is 9.18 Å². The first-order valence-electron chi connectivity index (χ1n) is 7.50. The van der Waals surface area contributed by atoms with Crippen molar-refractivity contribution in [2.45, 2.75) is 6.42 Å². The number of benzene rings is 2. The average molecular weight is 336 g/mol. The summed E-state index contributed by atoms with van der Waals surface area (Å²) in [6.07, 6.45) is 4.09. The van der Waals surface area contributed by atoms with Crippen LogP contribution in [0.2, 0.25) is 0 Å². The monoisotopic (exact) mass is 336 g/mol. The SMILES string of the molecule is O=C(Cc1cccc(-c2cn3ccsc3n2)c1)c1ccccc1F. The number of nitrogens with zero attached hydrogens (tertiary/aromatic N) is 2. The first kappa shape index (κ1) is 14.8. The van der Waals surface area contributed by atoms with Crippen molar-refractivity contribution in [3.8, 4) is 11.3 Å². The minimum absolute atomic E-state index is 0.130. The highest BCUT2D eigenvalue weighted by Gasteiger charge is 2.12. The summed E-state index contributed by atoms with van der Waals surface area (Å²) in [5.41, 5.74) is 2.79. The van der Waals surface area contributed by atoms with Crippen LogP contribution in [0.3, 0.4) is 0 Å². The van der Waals surface area contributed by atoms with E-state index >= 15 is 0 Å². The second-order valence-corrected chi connectivity index (χ2v) is 6.37. The normalized spacial score (nSPS) is 11.0. The van der Waals surface area contributed by atoms with Gasteiger partial charge in [0.25, 0.3) is 0 Å². The molecule has 0 radical (unpaired) electrons. The van der Waals surface area contributed by atoms with Crippen LogP contribution in [0.15, 0.2) is 66.3 Å². The summed E-state index contributed by atoms with van der Waals surface area (Å²) in [4.78, 5) is 17.8. The minimum atomic E-state index is -0.479. The molecule has 0 aliphatic rings. The lowest BCUT2D eigenvalue weighted by Crippen LogP contribution is -2.06. The molecule has 4 rings (SSSR count). The van der Waals surface area contributed by atoms with Crippen LogP contribution in [0.1, 0.15) is 15.9 Å². The van der Waals surface area contributed by atoms with Gasteiger partial charge < -0.3 is 0 Å². The number of Topliss-reactive ketones (excluding diaryl/α,β-unsaturated/α-hetero) is 1. The lowest BCUT2D eigenvalue weighted by molar-refractivity contribution is 0.0989. The zero-order valence-electron chi connectivity index (χ0n) is 12.6. The van der Waals surface area contributed by atoms with Gasteiger partial charge in [-0.2, -0.15) is 0 Å². The van der Waals surface area contributed by atoms with Crippen molar-refractivity contribution >= 4 is 22.1 Å². The molecule has 2 heterocycles. The number of carbonyl (C=O) groups is 1. The molecule has 0 aliphatic heterocycles. The molecule has 5 heteroatoms. The van der Waals surface area contributed by atoms with E-state index in [0.29, 0.717) is 0 Å². The molecule has 0 saturated heterocycles. The van der Waals surface area contributed by atoms with Gasteiger partial charge in [0.05, 0.1) is 11.3 Å². The van der Waals surface area contributed by atoms with E-state index in [1.807, 2.05) is 46.4 Å². The van der Waals surface area contributed by atoms with Gasteiger partial charge in [-0.15, -0.1) is 11.3 Å². The Morgan fingerprint density at radius 1 is 1.17 bits per heavy atom. The molecule has 4 aromatic rings. The van der Waals surface area contributed by atoms with Crippen molar-refractivity contribution in [2.24, 2.45) is 0 Å². The molecule has 2 aromatic heterocycles. The first-order valence-corrected chi connectivity index (χ1v) is 8.38. The van der Waals surface area contributed by atoms with Gasteiger partial charge in [-0.25, -0.2) is 9.37 Å². The van der Waals surface area contributed by atoms with Crippen molar-refractivity contribution in [3.05, 3.63) is 83.2 Å². The molecule has 0 fully saturated rings. The van der Waals surface area contributed by atoms with Gasteiger partial charge in [-0.3, -0.25) is 9.20 Å². The second kappa shape index (κ2) is 6.02. The number of hydrogen-bond donors (Lipinski definition) is 0. The largest absolute Gasteiger partial charge is 0.297 e. The third-order valence-corrected chi connectivity index (χ3v) is 4.63. The van der Waals surface area contributed by atoms with E-state index in [4.69, 9.17) is 0 Å². The fourth-order valence-corrected chi connectivity index (χ4v) is 3.38. The number of rotatable bonds is 4. The average Bonchev–Trinajstić information content (AvgIpc) is 3.17. The highest BCUT2D eigenvalue weighted by atomic mass is 32.1. The zero-order valence-corrected chi connectivity index (χ0v) is 13.5. The van der Waals surface area contributed by atoms with E-state index in [2.05, 4.69) is 4.98 Å². The number of aromatic nitrogens is 2. The number of hydrogen-bond acceptors (Lipinski definition) is 3. The Kier molecular flexibility index (Phi) is 3.70. The van der Waals surface area contributed by atoms with Gasteiger partial charge in [0.2, 0.25) is 0 Å². The third kappa shape index (κ3) is 2.74. The lowest BCUT2D eigenvalue weighted by atomic mass is 10.0. The molecular formula is C19H13FN2OS. The van der Waals surface area contributed by atoms with Crippen LogP contribution in [-0.2, 0) is 6.42 Å². The molecule has 118 valence electrons. The number of ketones is 1. The van der Waals surface area contributed by atoms with Crippen LogP contribution >= 0.6 is 11.3 Å². The Labute approximate surface area is 142 Å². The van der Waals surface area contributed by atoms with E-state index in [0.717, 1.165) is 21.8 Å². The summed E-state index contributed by atoms with van der Waals surface area (Å²) in [5, 5.41) is 1.98. The molecule has 0 N–H and O–H groups in total. The predicted octanol–water partition coefficient (Wildman–Crippen LogP) is 4.63. The topological polar surface area (TPSA) is 34.4 Å². The van der Waals surface area contributed by atoms with E-state index in [1.54, 1.807) is 23.5 Å². The Morgan fingerprint density at radius 2 is 2.04 bits per heavy atom. The lowest BCUT2D eigenvalue weighted by Gasteiger charge is -2.04. The molecule has 24 heavy (non-hydrogen) atoms. The van der Waals surface area contributed by atoms with Gasteiger partial charge in [0, 0.05) is 29.8 Å². The fraction of sp³-hybridized carbons (Fsp3) is 0.0526. The van der Waals surface area contributed by atoms with E-state index in [9.17, 15) is 9.18 Å². The summed E-state index contributed by atoms with van der Waals surface area (Å²) < 4.78 is 15.7. The number of carbonyl (C=O) groups excluding carboxylic acids is 1. The number of halogens is 1. The second-order valence-electron chi connectivity index (χ2n) is 5.50. The summed E-state index contributed by atoms with van der Waals surface area (Å²) in [6, 6.07) is 13.7. The third-order valence-electron chi connectivity index (χ3n) is 3.85. The molecular weight excluding hydrogens is 323 g/mol. The van der Waals surface area contributed by atoms with Crippen molar-refractivity contribution in [3.63, 3.8) is 0 Å². The fourth-order valence-electron chi connectivity index (χ4n) is 2.68. The molecule has 0 amide bonds. The van der Waals surface area contributed by atoms with E-state index in [-0.39, 0.29) is 17.8 Å². The number of fused-ring (bicyclic) bond motifs is 1. The van der Waals surface area contributed by atoms with Gasteiger partial charge >= 0.3 is 0 Å². The van der Waals surface area contributed by atoms with E-state index in [1.165, 1.54) is 12.1 Å². The van der Waals surface area contributed by atoms with Gasteiger partial charge in [-0.05, 0) is 23.8 Å². The molecule has 0 aliphatic carbocycles. The van der Waals surface area contributed by atoms with Crippen molar-refractivity contribution in [1.29, 1.82) is 0 Å². The van der Waals surface area contributed by atoms with Crippen LogP contribution in [0, 0.1) is 5.82 Å². The smallest absolute Gasteiger partial charge is 0.194 e. The van der Waals surface area contributed by atoms with E-state index < -0.39 is 5.82 Å². The Hall–Kier alpha value is -2.79. The minimum Gasteiger partial charge on any atom is -0.297 e. The summed E-state index contributed by atoms with van der Waals surface area (Å²) >= 11 is 1.57. The predicted molar refractivity (Wildman–Crippen MR) is 92.9 cm³/mol. The maximum Gasteiger partial charge on any atom is 0.194 e. The Balaban J connectivity index is 1.62. The highest BCUT2D eigenvalue weighted by molar-refractivity contribution is 7.15. The molecule has 0 atom stereocenters. The van der Waals surface area contributed by atoms with Crippen LogP contribution < -0.4 is 0 Å². The zero-order chi connectivity index (χ0) is 16.5. The quantitative estimate of drug-likeness (QED) is 0.509. The molecule has 0 bridgehead atoms. The van der Waals surface area contributed by atoms with Crippen LogP contribution in [0.25, 0.3) is 16.2 Å². The number of imidazole rings is 1. The molecule has 3 nitrogen and oxygen atoms in total. The Bertz CT molecular complexity index is 1010. The van der Waals surface area contributed by atoms with Gasteiger partial charge in [-0.1, -0.05) is 30.3 Å². The summed E-state index contributed by atoms with van der Waals surface area (Å²) in [6.45, 7) is 0. The molecule has 0 unspecified atom stereocenters. The standard InChI is InChI=1S/C19H13FN2OS/c20-16-7-2-1-6-15(16)18(23)11-13-4-3-5-14(10-13)17-12-22-8-9-24-19(22)21-17/h1-10,12H,11H2. The molecule has 2 aromatic carbocycles. The number of thiazole rings is 1. The van der Waals surface area contributed by atoms with Crippen LogP contribution in [0.5, 0.6) is 0 Å². The van der Waals surface area contributed by atoms with Gasteiger partial charge in [0.1, 0.15) is 5.82 Å². The van der Waals surface area contributed by atoms with Crippen LogP contribution in [0.4, 0.5) is 4.39 Å². The first-order chi connectivity index (χ1) is 11.7. The molecule has 0 spiro atoms. The highest BCUT2D eigenvalue weighted by Crippen LogP contribution is 2.23. The van der Waals surface area contributed by atoms with Crippen molar-refractivity contribution in [2.75, 3.05) is 0 Å². The maximum atomic E-state index is 13.7. The van der Waals surface area contributed by atoms with Crippen LogP contribution in [-0.4, -0.2) is 15.2 Å². The summed E-state index contributed by atoms with van der Waals surface area (Å²) in [7, 11) is 0. The Morgan fingerprint density at radius 3 is 2.88 bits per heavy atom. The van der Waals surface area contributed by atoms with Crippen molar-refractivity contribution in [1.82, 2.24) is 9.38 Å². The molecule has 0 saturated carbocycles. The van der Waals surface area contributed by atoms with Gasteiger partial charge in [0.15, 0.2) is 10.7 Å². The summed E-state index contributed by atoms with van der Waals surface area (Å²) in [5.74, 6) is -0.705. The maximum absolute atomic E-state index is 13.7.